The molecule has 90 valence electrons. The zero-order valence-electron chi connectivity index (χ0n) is 9.67. The number of benzene rings is 2. The first-order valence-corrected chi connectivity index (χ1v) is 5.71. The van der Waals surface area contributed by atoms with Crippen molar-refractivity contribution in [3.63, 3.8) is 0 Å². The van der Waals surface area contributed by atoms with Gasteiger partial charge in [-0.2, -0.15) is 5.26 Å². The highest BCUT2D eigenvalue weighted by Crippen LogP contribution is 2.27. The van der Waals surface area contributed by atoms with E-state index in [9.17, 15) is 4.39 Å². The summed E-state index contributed by atoms with van der Waals surface area (Å²) in [7, 11) is 0. The number of nitrogens with zero attached hydrogens (tertiary/aromatic N) is 1. The van der Waals surface area contributed by atoms with Crippen LogP contribution in [0.4, 0.5) is 15.8 Å². The summed E-state index contributed by atoms with van der Waals surface area (Å²) < 4.78 is 13.7. The van der Waals surface area contributed by atoms with Gasteiger partial charge in [-0.15, -0.1) is 0 Å². The van der Waals surface area contributed by atoms with E-state index in [1.165, 1.54) is 6.07 Å². The van der Waals surface area contributed by atoms with Crippen molar-refractivity contribution in [3.8, 4) is 6.07 Å². The van der Waals surface area contributed by atoms with Crippen LogP contribution in [0.15, 0.2) is 36.4 Å². The van der Waals surface area contributed by atoms with Gasteiger partial charge >= 0.3 is 0 Å². The molecule has 0 fully saturated rings. The van der Waals surface area contributed by atoms with Crippen molar-refractivity contribution in [3.05, 3.63) is 58.4 Å². The highest BCUT2D eigenvalue weighted by Gasteiger charge is 2.08. The molecule has 0 radical (unpaired) electrons. The van der Waals surface area contributed by atoms with Gasteiger partial charge in [0.15, 0.2) is 0 Å². The molecule has 0 bridgehead atoms. The van der Waals surface area contributed by atoms with Gasteiger partial charge in [-0.05, 0) is 36.8 Å². The average molecular weight is 261 g/mol. The molecule has 0 atom stereocenters. The van der Waals surface area contributed by atoms with Crippen LogP contribution < -0.4 is 5.32 Å². The van der Waals surface area contributed by atoms with E-state index < -0.39 is 0 Å². The molecule has 0 aliphatic carbocycles. The van der Waals surface area contributed by atoms with E-state index in [4.69, 9.17) is 16.9 Å². The van der Waals surface area contributed by atoms with E-state index >= 15 is 0 Å². The third kappa shape index (κ3) is 2.44. The normalized spacial score (nSPS) is 9.89. The van der Waals surface area contributed by atoms with Crippen LogP contribution in [-0.2, 0) is 0 Å². The number of rotatable bonds is 2. The largest absolute Gasteiger partial charge is 0.352 e. The van der Waals surface area contributed by atoms with Crippen LogP contribution in [0, 0.1) is 24.1 Å². The van der Waals surface area contributed by atoms with Gasteiger partial charge < -0.3 is 5.32 Å². The maximum atomic E-state index is 13.7. The Morgan fingerprint density at radius 3 is 2.72 bits per heavy atom. The summed E-state index contributed by atoms with van der Waals surface area (Å²) in [6.07, 6.45) is 0. The minimum Gasteiger partial charge on any atom is -0.352 e. The van der Waals surface area contributed by atoms with E-state index in [1.54, 1.807) is 37.3 Å². The Morgan fingerprint density at radius 2 is 2.06 bits per heavy atom. The van der Waals surface area contributed by atoms with E-state index in [0.29, 0.717) is 22.0 Å². The van der Waals surface area contributed by atoms with Crippen molar-refractivity contribution in [2.45, 2.75) is 6.92 Å². The first-order valence-electron chi connectivity index (χ1n) is 5.33. The molecule has 1 N–H and O–H groups in total. The molecule has 4 heteroatoms. The second kappa shape index (κ2) is 5.07. The Hall–Kier alpha value is -2.05. The van der Waals surface area contributed by atoms with Crippen LogP contribution in [0.1, 0.15) is 11.1 Å². The number of nitrogens with one attached hydrogen (secondary N) is 1. The third-order valence-electron chi connectivity index (χ3n) is 2.58. The minimum atomic E-state index is -0.362. The van der Waals surface area contributed by atoms with E-state index in [0.717, 1.165) is 5.56 Å². The summed E-state index contributed by atoms with van der Waals surface area (Å²) in [6.45, 7) is 1.79. The number of hydrogen-bond donors (Lipinski definition) is 1. The van der Waals surface area contributed by atoms with Gasteiger partial charge in [0.1, 0.15) is 11.9 Å². The van der Waals surface area contributed by atoms with Crippen LogP contribution in [-0.4, -0.2) is 0 Å². The molecule has 0 saturated carbocycles. The zero-order valence-corrected chi connectivity index (χ0v) is 10.4. The van der Waals surface area contributed by atoms with Crippen LogP contribution in [0.2, 0.25) is 5.02 Å². The van der Waals surface area contributed by atoms with E-state index in [-0.39, 0.29) is 5.82 Å². The van der Waals surface area contributed by atoms with Crippen molar-refractivity contribution < 1.29 is 4.39 Å². The fourth-order valence-electron chi connectivity index (χ4n) is 1.64. The van der Waals surface area contributed by atoms with Gasteiger partial charge in [0.05, 0.1) is 16.9 Å². The SMILES string of the molecule is Cc1cccc(F)c1Nc1cc(Cl)ccc1C#N. The van der Waals surface area contributed by atoms with Crippen LogP contribution >= 0.6 is 11.6 Å². The summed E-state index contributed by atoms with van der Waals surface area (Å²) >= 11 is 5.88. The molecular formula is C14H10ClFN2. The highest BCUT2D eigenvalue weighted by molar-refractivity contribution is 6.30. The smallest absolute Gasteiger partial charge is 0.146 e. The third-order valence-corrected chi connectivity index (χ3v) is 2.82. The molecule has 0 aromatic heterocycles. The Morgan fingerprint density at radius 1 is 1.28 bits per heavy atom. The predicted molar refractivity (Wildman–Crippen MR) is 70.6 cm³/mol. The quantitative estimate of drug-likeness (QED) is 0.869. The van der Waals surface area contributed by atoms with Gasteiger partial charge in [-0.3, -0.25) is 0 Å². The molecule has 0 heterocycles. The van der Waals surface area contributed by atoms with Gasteiger partial charge in [0.2, 0.25) is 0 Å². The number of anilines is 2. The minimum absolute atomic E-state index is 0.358. The molecule has 2 aromatic rings. The van der Waals surface area contributed by atoms with Crippen LogP contribution in [0.3, 0.4) is 0 Å². The number of nitriles is 1. The molecule has 18 heavy (non-hydrogen) atoms. The van der Waals surface area contributed by atoms with Crippen LogP contribution in [0.5, 0.6) is 0 Å². The maximum absolute atomic E-state index is 13.7. The predicted octanol–water partition coefficient (Wildman–Crippen LogP) is 4.40. The lowest BCUT2D eigenvalue weighted by atomic mass is 10.1. The Labute approximate surface area is 110 Å². The maximum Gasteiger partial charge on any atom is 0.146 e. The fourth-order valence-corrected chi connectivity index (χ4v) is 1.81. The zero-order chi connectivity index (χ0) is 13.1. The number of hydrogen-bond acceptors (Lipinski definition) is 2. The lowest BCUT2D eigenvalue weighted by Crippen LogP contribution is -1.98. The van der Waals surface area contributed by atoms with Crippen molar-refractivity contribution in [2.24, 2.45) is 0 Å². The van der Waals surface area contributed by atoms with Gasteiger partial charge in [-0.25, -0.2) is 4.39 Å². The molecule has 0 aliphatic rings. The van der Waals surface area contributed by atoms with E-state index in [1.807, 2.05) is 6.07 Å². The molecule has 2 nitrogen and oxygen atoms in total. The summed E-state index contributed by atoms with van der Waals surface area (Å²) in [4.78, 5) is 0. The Kier molecular flexibility index (Phi) is 3.50. The first kappa shape index (κ1) is 12.4. The average Bonchev–Trinajstić information content (AvgIpc) is 2.34. The Balaban J connectivity index is 2.46. The van der Waals surface area contributed by atoms with Crippen LogP contribution in [0.25, 0.3) is 0 Å². The lowest BCUT2D eigenvalue weighted by Gasteiger charge is -2.12. The molecule has 0 amide bonds. The topological polar surface area (TPSA) is 35.8 Å². The summed E-state index contributed by atoms with van der Waals surface area (Å²) in [5.41, 5.74) is 2.04. The number of para-hydroxylation sites is 1. The molecule has 0 saturated heterocycles. The molecule has 2 aromatic carbocycles. The highest BCUT2D eigenvalue weighted by atomic mass is 35.5. The number of aryl methyl sites for hydroxylation is 1. The van der Waals surface area contributed by atoms with Gasteiger partial charge in [0, 0.05) is 5.02 Å². The summed E-state index contributed by atoms with van der Waals surface area (Å²) in [6, 6.07) is 11.7. The first-order chi connectivity index (χ1) is 8.61. The van der Waals surface area contributed by atoms with E-state index in [2.05, 4.69) is 5.32 Å². The van der Waals surface area contributed by atoms with Gasteiger partial charge in [-0.1, -0.05) is 23.7 Å². The molecule has 0 spiro atoms. The van der Waals surface area contributed by atoms with Crippen molar-refractivity contribution >= 4 is 23.0 Å². The standard InChI is InChI=1S/C14H10ClFN2/c1-9-3-2-4-12(16)14(9)18-13-7-11(15)6-5-10(13)8-17/h2-7,18H,1H3. The lowest BCUT2D eigenvalue weighted by molar-refractivity contribution is 0.631. The van der Waals surface area contributed by atoms with Crippen molar-refractivity contribution in [1.29, 1.82) is 5.26 Å². The fraction of sp³-hybridized carbons (Fsp3) is 0.0714. The van der Waals surface area contributed by atoms with Gasteiger partial charge in [0.25, 0.3) is 0 Å². The summed E-state index contributed by atoms with van der Waals surface area (Å²) in [5, 5.41) is 12.4. The molecular weight excluding hydrogens is 251 g/mol. The van der Waals surface area contributed by atoms with Crippen molar-refractivity contribution in [1.82, 2.24) is 0 Å². The monoisotopic (exact) mass is 260 g/mol. The second-order valence-electron chi connectivity index (χ2n) is 3.86. The Bertz CT molecular complexity index is 612. The molecule has 0 aliphatic heterocycles. The second-order valence-corrected chi connectivity index (χ2v) is 4.29. The van der Waals surface area contributed by atoms with Crippen molar-refractivity contribution in [2.75, 3.05) is 5.32 Å². The molecule has 2 rings (SSSR count). The molecule has 0 unspecified atom stereocenters. The summed E-state index contributed by atoms with van der Waals surface area (Å²) in [5.74, 6) is -0.362. The number of halogens is 2.